The molecule has 0 spiro atoms. The molecular formula is C16H21N3O. The first-order valence-corrected chi connectivity index (χ1v) is 7.23. The molecule has 20 heavy (non-hydrogen) atoms. The van der Waals surface area contributed by atoms with Gasteiger partial charge in [0.2, 0.25) is 0 Å². The zero-order chi connectivity index (χ0) is 14.0. The third-order valence-corrected chi connectivity index (χ3v) is 4.37. The van der Waals surface area contributed by atoms with E-state index in [0.717, 1.165) is 31.0 Å². The van der Waals surface area contributed by atoms with Gasteiger partial charge < -0.3 is 0 Å². The second-order valence-electron chi connectivity index (χ2n) is 6.04. The van der Waals surface area contributed by atoms with E-state index in [-0.39, 0.29) is 5.41 Å². The average molecular weight is 271 g/mol. The van der Waals surface area contributed by atoms with Gasteiger partial charge in [0, 0.05) is 18.5 Å². The van der Waals surface area contributed by atoms with Crippen LogP contribution in [0, 0.1) is 6.92 Å². The molecule has 0 bridgehead atoms. The van der Waals surface area contributed by atoms with E-state index in [4.69, 9.17) is 4.63 Å². The van der Waals surface area contributed by atoms with Gasteiger partial charge >= 0.3 is 0 Å². The Bertz CT molecular complexity index is 566. The molecule has 0 N–H and O–H groups in total. The predicted molar refractivity (Wildman–Crippen MR) is 77.3 cm³/mol. The van der Waals surface area contributed by atoms with Gasteiger partial charge in [0.25, 0.3) is 0 Å². The second kappa shape index (κ2) is 5.37. The Morgan fingerprint density at radius 2 is 2.05 bits per heavy atom. The van der Waals surface area contributed by atoms with Gasteiger partial charge in [-0.3, -0.25) is 4.90 Å². The first kappa shape index (κ1) is 13.3. The lowest BCUT2D eigenvalue weighted by atomic mass is 9.76. The van der Waals surface area contributed by atoms with Gasteiger partial charge in [-0.1, -0.05) is 47.6 Å². The number of aromatic nitrogens is 2. The van der Waals surface area contributed by atoms with Crippen molar-refractivity contribution in [3.05, 3.63) is 47.3 Å². The molecule has 4 nitrogen and oxygen atoms in total. The van der Waals surface area contributed by atoms with Crippen LogP contribution >= 0.6 is 0 Å². The largest absolute Gasteiger partial charge is 0.296 e. The molecule has 1 aliphatic rings. The predicted octanol–water partition coefficient (Wildman–Crippen LogP) is 2.93. The summed E-state index contributed by atoms with van der Waals surface area (Å²) in [5, 5.41) is 7.87. The summed E-state index contributed by atoms with van der Waals surface area (Å²) in [6.45, 7) is 7.32. The highest BCUT2D eigenvalue weighted by molar-refractivity contribution is 5.25. The van der Waals surface area contributed by atoms with Crippen molar-refractivity contribution in [1.29, 1.82) is 0 Å². The molecule has 1 fully saturated rings. The van der Waals surface area contributed by atoms with E-state index in [1.807, 2.05) is 6.92 Å². The summed E-state index contributed by atoms with van der Waals surface area (Å²) in [6.07, 6.45) is 2.46. The van der Waals surface area contributed by atoms with Crippen molar-refractivity contribution in [3.63, 3.8) is 0 Å². The molecule has 1 aliphatic heterocycles. The summed E-state index contributed by atoms with van der Waals surface area (Å²) in [6, 6.07) is 10.8. The van der Waals surface area contributed by atoms with Crippen molar-refractivity contribution >= 4 is 0 Å². The lowest BCUT2D eigenvalue weighted by molar-refractivity contribution is 0.146. The van der Waals surface area contributed by atoms with Gasteiger partial charge in [-0.15, -0.1) is 0 Å². The lowest BCUT2D eigenvalue weighted by Gasteiger charge is -2.40. The van der Waals surface area contributed by atoms with Crippen LogP contribution in [0.25, 0.3) is 0 Å². The van der Waals surface area contributed by atoms with E-state index < -0.39 is 0 Å². The minimum atomic E-state index is 0.227. The fourth-order valence-electron chi connectivity index (χ4n) is 3.16. The minimum absolute atomic E-state index is 0.227. The number of benzene rings is 1. The maximum Gasteiger partial charge on any atom is 0.122 e. The van der Waals surface area contributed by atoms with Crippen molar-refractivity contribution in [3.8, 4) is 0 Å². The zero-order valence-corrected chi connectivity index (χ0v) is 12.2. The van der Waals surface area contributed by atoms with Crippen LogP contribution in [0.15, 0.2) is 35.0 Å². The van der Waals surface area contributed by atoms with Crippen molar-refractivity contribution in [1.82, 2.24) is 15.2 Å². The van der Waals surface area contributed by atoms with Crippen molar-refractivity contribution in [2.24, 2.45) is 0 Å². The van der Waals surface area contributed by atoms with E-state index in [2.05, 4.69) is 52.5 Å². The topological polar surface area (TPSA) is 42.2 Å². The normalized spacial score (nSPS) is 23.9. The third kappa shape index (κ3) is 2.61. The Morgan fingerprint density at radius 3 is 2.75 bits per heavy atom. The highest BCUT2D eigenvalue weighted by Crippen LogP contribution is 2.34. The summed E-state index contributed by atoms with van der Waals surface area (Å²) in [4.78, 5) is 2.46. The molecule has 0 unspecified atom stereocenters. The highest BCUT2D eigenvalue weighted by atomic mass is 16.6. The summed E-state index contributed by atoms with van der Waals surface area (Å²) >= 11 is 0. The third-order valence-electron chi connectivity index (χ3n) is 4.37. The van der Waals surface area contributed by atoms with Gasteiger partial charge in [0.1, 0.15) is 11.4 Å². The van der Waals surface area contributed by atoms with E-state index in [0.29, 0.717) is 0 Å². The number of hydrogen-bond donors (Lipinski definition) is 0. The van der Waals surface area contributed by atoms with Crippen LogP contribution in [0.5, 0.6) is 0 Å². The standard InChI is InChI=1S/C16H21N3O/c1-13-15(18-20-17-13)11-19-10-6-9-16(2,12-19)14-7-4-3-5-8-14/h3-5,7-8H,6,9-12H2,1-2H3/t16-/m0/s1. The second-order valence-corrected chi connectivity index (χ2v) is 6.04. The zero-order valence-electron chi connectivity index (χ0n) is 12.2. The summed E-state index contributed by atoms with van der Waals surface area (Å²) < 4.78 is 4.80. The van der Waals surface area contributed by atoms with Crippen LogP contribution in [-0.4, -0.2) is 28.3 Å². The van der Waals surface area contributed by atoms with Crippen LogP contribution in [0.2, 0.25) is 0 Å². The van der Waals surface area contributed by atoms with Gasteiger partial charge in [0.05, 0.1) is 0 Å². The Kier molecular flexibility index (Phi) is 3.57. The quantitative estimate of drug-likeness (QED) is 0.860. The lowest BCUT2D eigenvalue weighted by Crippen LogP contribution is -2.44. The maximum atomic E-state index is 4.80. The monoisotopic (exact) mass is 271 g/mol. The molecule has 0 radical (unpaired) electrons. The molecule has 3 rings (SSSR count). The van der Waals surface area contributed by atoms with Crippen LogP contribution in [0.3, 0.4) is 0 Å². The van der Waals surface area contributed by atoms with Gasteiger partial charge in [-0.2, -0.15) is 0 Å². The van der Waals surface area contributed by atoms with E-state index in [9.17, 15) is 0 Å². The van der Waals surface area contributed by atoms with Crippen molar-refractivity contribution in [2.45, 2.75) is 38.6 Å². The molecule has 1 atom stereocenters. The van der Waals surface area contributed by atoms with E-state index in [1.165, 1.54) is 18.4 Å². The molecule has 2 heterocycles. The summed E-state index contributed by atoms with van der Waals surface area (Å²) in [7, 11) is 0. The molecule has 4 heteroatoms. The Labute approximate surface area is 119 Å². The fraction of sp³-hybridized carbons (Fsp3) is 0.500. The van der Waals surface area contributed by atoms with Crippen LogP contribution in [-0.2, 0) is 12.0 Å². The Balaban J connectivity index is 1.75. The molecule has 0 amide bonds. The maximum absolute atomic E-state index is 4.80. The molecule has 106 valence electrons. The minimum Gasteiger partial charge on any atom is -0.296 e. The molecule has 0 aliphatic carbocycles. The smallest absolute Gasteiger partial charge is 0.122 e. The molecule has 2 aromatic rings. The Morgan fingerprint density at radius 1 is 1.25 bits per heavy atom. The fourth-order valence-corrected chi connectivity index (χ4v) is 3.16. The number of aryl methyl sites for hydroxylation is 1. The van der Waals surface area contributed by atoms with Crippen molar-refractivity contribution in [2.75, 3.05) is 13.1 Å². The van der Waals surface area contributed by atoms with Gasteiger partial charge in [-0.05, 0) is 31.9 Å². The van der Waals surface area contributed by atoms with Crippen LogP contribution < -0.4 is 0 Å². The van der Waals surface area contributed by atoms with Gasteiger partial charge in [0.15, 0.2) is 0 Å². The first-order valence-electron chi connectivity index (χ1n) is 7.23. The SMILES string of the molecule is Cc1nonc1CN1CCC[C@](C)(c2ccccc2)C1. The average Bonchev–Trinajstić information content (AvgIpc) is 2.85. The van der Waals surface area contributed by atoms with Crippen molar-refractivity contribution < 1.29 is 4.63 Å². The molecule has 1 aromatic heterocycles. The summed E-state index contributed by atoms with van der Waals surface area (Å²) in [5.41, 5.74) is 3.52. The number of piperidine rings is 1. The van der Waals surface area contributed by atoms with E-state index >= 15 is 0 Å². The van der Waals surface area contributed by atoms with Crippen LogP contribution in [0.1, 0.15) is 36.7 Å². The number of likely N-dealkylation sites (tertiary alicyclic amines) is 1. The Hall–Kier alpha value is -1.68. The number of rotatable bonds is 3. The molecular weight excluding hydrogens is 250 g/mol. The first-order chi connectivity index (χ1) is 9.67. The number of hydrogen-bond acceptors (Lipinski definition) is 4. The van der Waals surface area contributed by atoms with E-state index in [1.54, 1.807) is 0 Å². The highest BCUT2D eigenvalue weighted by Gasteiger charge is 2.32. The van der Waals surface area contributed by atoms with Crippen LogP contribution in [0.4, 0.5) is 0 Å². The molecule has 1 saturated heterocycles. The molecule has 0 saturated carbocycles. The van der Waals surface area contributed by atoms with Gasteiger partial charge in [-0.25, -0.2) is 4.63 Å². The summed E-state index contributed by atoms with van der Waals surface area (Å²) in [5.74, 6) is 0. The molecule has 1 aromatic carbocycles. The number of nitrogens with zero attached hydrogens (tertiary/aromatic N) is 3.